The monoisotopic (exact) mass is 388 g/mol. The van der Waals surface area contributed by atoms with Crippen LogP contribution < -0.4 is 0 Å². The molecule has 0 saturated carbocycles. The molecule has 26 heavy (non-hydrogen) atoms. The number of nitrogens with zero attached hydrogens (tertiary/aromatic N) is 2. The minimum absolute atomic E-state index is 0.155. The van der Waals surface area contributed by atoms with Gasteiger partial charge in [-0.2, -0.15) is 0 Å². The minimum atomic E-state index is 0.155. The van der Waals surface area contributed by atoms with Gasteiger partial charge in [-0.1, -0.05) is 86.5 Å². The largest absolute Gasteiger partial charge is 0.334 e. The molecule has 0 aromatic heterocycles. The maximum Gasteiger partial charge on any atom is 0.152 e. The quantitative estimate of drug-likeness (QED) is 0.446. The molecule has 2 rings (SSSR count). The van der Waals surface area contributed by atoms with Crippen molar-refractivity contribution < 1.29 is 0 Å². The summed E-state index contributed by atoms with van der Waals surface area (Å²) in [5, 5.41) is 1.13. The Bertz CT molecular complexity index is 758. The van der Waals surface area contributed by atoms with Gasteiger partial charge in [0.2, 0.25) is 0 Å². The van der Waals surface area contributed by atoms with Crippen LogP contribution in [0.1, 0.15) is 51.6 Å². The van der Waals surface area contributed by atoms with Crippen molar-refractivity contribution in [2.45, 2.75) is 46.1 Å². The van der Waals surface area contributed by atoms with Crippen LogP contribution in [0.25, 0.3) is 0 Å². The van der Waals surface area contributed by atoms with Crippen molar-refractivity contribution in [1.82, 2.24) is 4.90 Å². The predicted octanol–water partition coefficient (Wildman–Crippen LogP) is 7.31. The van der Waals surface area contributed by atoms with E-state index in [1.165, 1.54) is 5.56 Å². The molecule has 1 unspecified atom stereocenters. The first-order valence-corrected chi connectivity index (χ1v) is 9.77. The first-order valence-electron chi connectivity index (χ1n) is 9.01. The van der Waals surface area contributed by atoms with Crippen LogP contribution in [0, 0.1) is 0 Å². The molecule has 0 fully saturated rings. The molecule has 0 radical (unpaired) electrons. The highest BCUT2D eigenvalue weighted by atomic mass is 35.5. The Morgan fingerprint density at radius 3 is 2.58 bits per heavy atom. The topological polar surface area (TPSA) is 15.6 Å². The van der Waals surface area contributed by atoms with Gasteiger partial charge in [0.25, 0.3) is 0 Å². The zero-order valence-corrected chi connectivity index (χ0v) is 17.2. The van der Waals surface area contributed by atoms with E-state index in [1.807, 2.05) is 31.2 Å². The Kier molecular flexibility index (Phi) is 7.74. The molecular formula is C22H26Cl2N2. The molecule has 0 spiro atoms. The lowest BCUT2D eigenvalue weighted by Crippen LogP contribution is -2.31. The van der Waals surface area contributed by atoms with Gasteiger partial charge in [0.15, 0.2) is 5.17 Å². The molecule has 1 aliphatic heterocycles. The summed E-state index contributed by atoms with van der Waals surface area (Å²) in [5.41, 5.74) is 3.78. The van der Waals surface area contributed by atoms with Crippen LogP contribution >= 0.6 is 23.2 Å². The van der Waals surface area contributed by atoms with E-state index in [4.69, 9.17) is 23.2 Å². The van der Waals surface area contributed by atoms with Crippen molar-refractivity contribution in [3.8, 4) is 0 Å². The maximum absolute atomic E-state index is 6.40. The van der Waals surface area contributed by atoms with Crippen LogP contribution in [0.3, 0.4) is 0 Å². The number of allylic oxidation sites excluding steroid dienone is 6. The van der Waals surface area contributed by atoms with E-state index in [2.05, 4.69) is 54.6 Å². The fourth-order valence-electron chi connectivity index (χ4n) is 3.01. The van der Waals surface area contributed by atoms with Gasteiger partial charge in [-0.3, -0.25) is 0 Å². The maximum atomic E-state index is 6.40. The van der Waals surface area contributed by atoms with Crippen molar-refractivity contribution in [1.29, 1.82) is 0 Å². The van der Waals surface area contributed by atoms with Crippen LogP contribution in [0.5, 0.6) is 0 Å². The molecule has 0 bridgehead atoms. The van der Waals surface area contributed by atoms with Crippen LogP contribution in [0.2, 0.25) is 0 Å². The number of rotatable bonds is 7. The van der Waals surface area contributed by atoms with Crippen LogP contribution in [0.15, 0.2) is 82.3 Å². The molecule has 1 heterocycles. The van der Waals surface area contributed by atoms with Crippen molar-refractivity contribution in [2.24, 2.45) is 4.99 Å². The average molecular weight is 389 g/mol. The number of hydrogen-bond acceptors (Lipinski definition) is 2. The Labute approximate surface area is 167 Å². The zero-order chi connectivity index (χ0) is 19.1. The second-order valence-electron chi connectivity index (χ2n) is 6.24. The highest BCUT2D eigenvalue weighted by molar-refractivity contribution is 6.69. The molecule has 1 aromatic carbocycles. The molecule has 1 aromatic rings. The Morgan fingerprint density at radius 2 is 1.96 bits per heavy atom. The molecule has 0 N–H and O–H groups in total. The number of unbranched alkanes of at least 4 members (excludes halogenated alkanes) is 1. The summed E-state index contributed by atoms with van der Waals surface area (Å²) < 4.78 is 0. The lowest BCUT2D eigenvalue weighted by molar-refractivity contribution is 0.320. The van der Waals surface area contributed by atoms with Crippen molar-refractivity contribution in [2.75, 3.05) is 0 Å². The summed E-state index contributed by atoms with van der Waals surface area (Å²) in [7, 11) is 0. The third kappa shape index (κ3) is 4.90. The molecule has 138 valence electrons. The highest BCUT2D eigenvalue weighted by Gasteiger charge is 2.28. The smallest absolute Gasteiger partial charge is 0.152 e. The van der Waals surface area contributed by atoms with Gasteiger partial charge in [0, 0.05) is 10.7 Å². The molecule has 0 saturated heterocycles. The summed E-state index contributed by atoms with van der Waals surface area (Å²) in [4.78, 5) is 6.68. The van der Waals surface area contributed by atoms with Crippen molar-refractivity contribution in [3.05, 3.63) is 82.8 Å². The first kappa shape index (κ1) is 20.5. The van der Waals surface area contributed by atoms with E-state index in [0.717, 1.165) is 36.4 Å². The number of benzene rings is 1. The van der Waals surface area contributed by atoms with E-state index in [9.17, 15) is 0 Å². The van der Waals surface area contributed by atoms with Gasteiger partial charge in [0.1, 0.15) is 0 Å². The number of halogens is 2. The molecule has 1 atom stereocenters. The lowest BCUT2D eigenvalue weighted by atomic mass is 10.0. The first-order chi connectivity index (χ1) is 12.5. The van der Waals surface area contributed by atoms with E-state index in [-0.39, 0.29) is 6.04 Å². The predicted molar refractivity (Wildman–Crippen MR) is 114 cm³/mol. The fourth-order valence-corrected chi connectivity index (χ4v) is 3.36. The van der Waals surface area contributed by atoms with E-state index < -0.39 is 0 Å². The van der Waals surface area contributed by atoms with Crippen LogP contribution in [0.4, 0.5) is 0 Å². The molecule has 1 aliphatic rings. The van der Waals surface area contributed by atoms with Crippen LogP contribution in [-0.2, 0) is 0 Å². The molecular weight excluding hydrogens is 363 g/mol. The Hall–Kier alpha value is -1.77. The zero-order valence-electron chi connectivity index (χ0n) is 15.7. The van der Waals surface area contributed by atoms with Crippen LogP contribution in [-0.4, -0.2) is 10.1 Å². The standard InChI is InChI=1S/C22H26Cl2N2/c1-5-7-13-19(23)14-15-20-16(3)26(17(4)22(24)25-20)21(6-2)18-11-9-8-10-12-18/h8-15,21H,4-7H2,1-3H3/b15-14-,19-13-. The molecule has 0 amide bonds. The average Bonchev–Trinajstić information content (AvgIpc) is 2.66. The third-order valence-electron chi connectivity index (χ3n) is 4.39. The molecule has 2 nitrogen and oxygen atoms in total. The number of hydrogen-bond donors (Lipinski definition) is 0. The summed E-state index contributed by atoms with van der Waals surface area (Å²) in [6.45, 7) is 10.5. The molecule has 4 heteroatoms. The Morgan fingerprint density at radius 1 is 1.27 bits per heavy atom. The minimum Gasteiger partial charge on any atom is -0.334 e. The fraction of sp³-hybridized carbons (Fsp3) is 0.318. The Balaban J connectivity index is 2.39. The summed E-state index contributed by atoms with van der Waals surface area (Å²) in [6, 6.07) is 10.6. The second-order valence-corrected chi connectivity index (χ2v) is 7.03. The summed E-state index contributed by atoms with van der Waals surface area (Å²) in [6.07, 6.45) is 8.76. The van der Waals surface area contributed by atoms with Gasteiger partial charge in [-0.15, -0.1) is 0 Å². The third-order valence-corrected chi connectivity index (χ3v) is 4.97. The summed E-state index contributed by atoms with van der Waals surface area (Å²) in [5.74, 6) is 0. The van der Waals surface area contributed by atoms with Gasteiger partial charge < -0.3 is 4.90 Å². The highest BCUT2D eigenvalue weighted by Crippen LogP contribution is 2.36. The number of aliphatic imine (C=N–C) groups is 1. The van der Waals surface area contributed by atoms with E-state index in [1.54, 1.807) is 0 Å². The SMILES string of the molecule is C=C1C(Cl)=NC(/C=C\C(Cl)=C\CCC)=C(C)N1C(CC)c1ccccc1. The lowest BCUT2D eigenvalue weighted by Gasteiger charge is -2.37. The van der Waals surface area contributed by atoms with Gasteiger partial charge in [-0.05, 0) is 37.5 Å². The normalized spacial score (nSPS) is 17.1. The van der Waals surface area contributed by atoms with Crippen molar-refractivity contribution in [3.63, 3.8) is 0 Å². The van der Waals surface area contributed by atoms with Gasteiger partial charge in [-0.25, -0.2) is 4.99 Å². The van der Waals surface area contributed by atoms with E-state index in [0.29, 0.717) is 10.2 Å². The second kappa shape index (κ2) is 9.80. The van der Waals surface area contributed by atoms with Crippen molar-refractivity contribution >= 4 is 28.4 Å². The summed E-state index contributed by atoms with van der Waals surface area (Å²) >= 11 is 12.7. The molecule has 0 aliphatic carbocycles. The van der Waals surface area contributed by atoms with Gasteiger partial charge in [0.05, 0.1) is 17.4 Å². The van der Waals surface area contributed by atoms with E-state index >= 15 is 0 Å². The van der Waals surface area contributed by atoms with Gasteiger partial charge >= 0.3 is 0 Å².